The summed E-state index contributed by atoms with van der Waals surface area (Å²) in [6, 6.07) is 21.4. The first-order valence-corrected chi connectivity index (χ1v) is 14.6. The number of aromatic nitrogens is 1. The number of likely N-dealkylation sites (N-methyl/N-ethyl adjacent to an activating group) is 1. The van der Waals surface area contributed by atoms with Gasteiger partial charge in [0.05, 0.1) is 30.1 Å². The van der Waals surface area contributed by atoms with Crippen LogP contribution in [-0.2, 0) is 11.2 Å². The Kier molecular flexibility index (Phi) is 9.03. The summed E-state index contributed by atoms with van der Waals surface area (Å²) in [4.78, 5) is 28.8. The van der Waals surface area contributed by atoms with Crippen LogP contribution in [0.15, 0.2) is 79.6 Å². The number of benzene rings is 3. The minimum absolute atomic E-state index is 0.127. The normalized spacial score (nSPS) is 16.3. The van der Waals surface area contributed by atoms with Crippen LogP contribution in [0.2, 0.25) is 10.0 Å². The molecule has 43 heavy (non-hydrogen) atoms. The number of hydrogen-bond donors (Lipinski definition) is 2. The largest absolute Gasteiger partial charge is 0.516 e. The van der Waals surface area contributed by atoms with E-state index >= 15 is 0 Å². The second-order valence-corrected chi connectivity index (χ2v) is 11.2. The molecule has 0 aliphatic carbocycles. The summed E-state index contributed by atoms with van der Waals surface area (Å²) in [7, 11) is 1.51. The van der Waals surface area contributed by atoms with Crippen molar-refractivity contribution in [3.63, 3.8) is 0 Å². The third kappa shape index (κ3) is 6.09. The van der Waals surface area contributed by atoms with Gasteiger partial charge in [-0.15, -0.1) is 0 Å². The summed E-state index contributed by atoms with van der Waals surface area (Å²) < 4.78 is 7.76. The first-order chi connectivity index (χ1) is 20.7. The number of nitrogens with two attached hydrogens (primary N) is 1. The smallest absolute Gasteiger partial charge is 0.326 e. The number of hydrogen-bond acceptors (Lipinski definition) is 6. The lowest BCUT2D eigenvalue weighted by molar-refractivity contribution is -0.124. The molecule has 2 aliphatic heterocycles. The Balaban J connectivity index is 0.00000118. The molecule has 1 aromatic heterocycles. The molecule has 0 spiro atoms. The van der Waals surface area contributed by atoms with E-state index in [1.807, 2.05) is 54.6 Å². The number of fused-ring (bicyclic) bond motifs is 3. The van der Waals surface area contributed by atoms with Crippen LogP contribution in [0.4, 0.5) is 10.5 Å². The van der Waals surface area contributed by atoms with Gasteiger partial charge < -0.3 is 25.5 Å². The van der Waals surface area contributed by atoms with E-state index in [1.54, 1.807) is 9.58 Å². The number of nitrogen functional groups attached to an aromatic ring is 1. The lowest BCUT2D eigenvalue weighted by Gasteiger charge is -2.38. The topological polar surface area (TPSA) is 104 Å². The number of urea groups is 1. The van der Waals surface area contributed by atoms with Gasteiger partial charge in [-0.1, -0.05) is 41.9 Å². The quantitative estimate of drug-likeness (QED) is 0.111. The van der Waals surface area contributed by atoms with Crippen LogP contribution in [0.1, 0.15) is 29.3 Å². The summed E-state index contributed by atoms with van der Waals surface area (Å²) in [6.07, 6.45) is 2.21. The highest BCUT2D eigenvalue weighted by Gasteiger charge is 2.34. The number of ether oxygens (including phenoxy) is 1. The number of anilines is 1. The van der Waals surface area contributed by atoms with Crippen LogP contribution in [0.3, 0.4) is 0 Å². The van der Waals surface area contributed by atoms with Crippen molar-refractivity contribution >= 4 is 51.7 Å². The fourth-order valence-electron chi connectivity index (χ4n) is 5.71. The predicted octanol–water partition coefficient (Wildman–Crippen LogP) is 6.16. The van der Waals surface area contributed by atoms with E-state index in [9.17, 15) is 9.59 Å². The highest BCUT2D eigenvalue weighted by atomic mass is 35.5. The molecule has 4 aromatic rings. The lowest BCUT2D eigenvalue weighted by Crippen LogP contribution is -2.38. The maximum absolute atomic E-state index is 12.1. The molecule has 11 heteroatoms. The zero-order chi connectivity index (χ0) is 30.7. The van der Waals surface area contributed by atoms with Crippen molar-refractivity contribution in [2.24, 2.45) is 0 Å². The minimum atomic E-state index is -0.258. The van der Waals surface area contributed by atoms with Crippen molar-refractivity contribution in [1.82, 2.24) is 14.5 Å². The lowest BCUT2D eigenvalue weighted by atomic mass is 9.91. The molecule has 6 rings (SSSR count). The second-order valence-electron chi connectivity index (χ2n) is 10.3. The van der Waals surface area contributed by atoms with E-state index in [0.717, 1.165) is 57.7 Å². The van der Waals surface area contributed by atoms with Crippen molar-refractivity contribution in [3.8, 4) is 5.75 Å². The molecule has 1 fully saturated rings. The average molecular weight is 623 g/mol. The highest BCUT2D eigenvalue weighted by molar-refractivity contribution is 6.31. The highest BCUT2D eigenvalue weighted by Crippen LogP contribution is 2.42. The van der Waals surface area contributed by atoms with Crippen LogP contribution in [0.5, 0.6) is 5.75 Å². The molecule has 0 bridgehead atoms. The molecule has 1 atom stereocenters. The number of aliphatic hydroxyl groups excluding tert-OH is 1. The average Bonchev–Trinajstić information content (AvgIpc) is 3.42. The number of aliphatic hydroxyl groups is 1. The molecule has 3 amide bonds. The first-order valence-electron chi connectivity index (χ1n) is 13.9. The molecule has 1 saturated heterocycles. The zero-order valence-corrected chi connectivity index (χ0v) is 25.3. The minimum Gasteiger partial charge on any atom is -0.516 e. The third-order valence-electron chi connectivity index (χ3n) is 7.74. The summed E-state index contributed by atoms with van der Waals surface area (Å²) in [5.74, 6) is 7.29. The van der Waals surface area contributed by atoms with Gasteiger partial charge in [-0.05, 0) is 78.6 Å². The second kappa shape index (κ2) is 12.9. The number of carbonyl (C=O) groups excluding carboxylic acids is 2. The molecule has 2 aliphatic rings. The standard InChI is InChI=1S/C30H29Cl2N5O3.C2H4O/c1-34-27(38)18-35(30(34)39)14-2-16-40-23-10-3-19(4-11-23)28-29-24(25-17-21(32)7-12-26(25)37(29)33)13-15-36(28)22-8-5-20(31)6-9-22;1-2-3/h3-12,17,28H,2,13-16,18,33H2,1H3;2-3H,1H2. The Morgan fingerprint density at radius 2 is 1.72 bits per heavy atom. The van der Waals surface area contributed by atoms with Crippen LogP contribution in [-0.4, -0.2) is 64.8 Å². The maximum Gasteiger partial charge on any atom is 0.326 e. The van der Waals surface area contributed by atoms with Gasteiger partial charge in [0.15, 0.2) is 0 Å². The first kappa shape index (κ1) is 30.1. The van der Waals surface area contributed by atoms with E-state index in [0.29, 0.717) is 29.6 Å². The number of imide groups is 1. The number of carbonyl (C=O) groups is 2. The van der Waals surface area contributed by atoms with Gasteiger partial charge in [-0.2, -0.15) is 0 Å². The van der Waals surface area contributed by atoms with Crippen molar-refractivity contribution in [1.29, 1.82) is 0 Å². The summed E-state index contributed by atoms with van der Waals surface area (Å²) in [5, 5.41) is 9.79. The van der Waals surface area contributed by atoms with Gasteiger partial charge in [0.25, 0.3) is 0 Å². The molecule has 224 valence electrons. The Morgan fingerprint density at radius 1 is 1.05 bits per heavy atom. The molecule has 3 aromatic carbocycles. The van der Waals surface area contributed by atoms with E-state index < -0.39 is 0 Å². The van der Waals surface area contributed by atoms with E-state index in [1.165, 1.54) is 12.6 Å². The molecule has 0 saturated carbocycles. The maximum atomic E-state index is 12.1. The van der Waals surface area contributed by atoms with Crippen LogP contribution in [0, 0.1) is 0 Å². The summed E-state index contributed by atoms with van der Waals surface area (Å²) in [5.41, 5.74) is 5.32. The monoisotopic (exact) mass is 621 g/mol. The predicted molar refractivity (Wildman–Crippen MR) is 171 cm³/mol. The number of halogens is 2. The van der Waals surface area contributed by atoms with Crippen LogP contribution in [0.25, 0.3) is 10.9 Å². The number of nitrogens with zero attached hydrogens (tertiary/aromatic N) is 4. The van der Waals surface area contributed by atoms with Gasteiger partial charge in [-0.3, -0.25) is 14.4 Å². The van der Waals surface area contributed by atoms with Crippen molar-refractivity contribution < 1.29 is 19.4 Å². The fourth-order valence-corrected chi connectivity index (χ4v) is 6.01. The molecular formula is C32H33Cl2N5O4. The van der Waals surface area contributed by atoms with E-state index in [-0.39, 0.29) is 24.5 Å². The van der Waals surface area contributed by atoms with E-state index in [2.05, 4.69) is 23.6 Å². The Labute approximate surface area is 260 Å². The fraction of sp³-hybridized carbons (Fsp3) is 0.250. The van der Waals surface area contributed by atoms with Crippen LogP contribution < -0.4 is 15.5 Å². The zero-order valence-electron chi connectivity index (χ0n) is 23.7. The van der Waals surface area contributed by atoms with Crippen molar-refractivity contribution in [2.45, 2.75) is 18.9 Å². The molecule has 3 heterocycles. The molecular weight excluding hydrogens is 589 g/mol. The van der Waals surface area contributed by atoms with Gasteiger partial charge in [0.2, 0.25) is 5.91 Å². The van der Waals surface area contributed by atoms with Gasteiger partial charge >= 0.3 is 6.03 Å². The molecule has 3 N–H and O–H groups in total. The van der Waals surface area contributed by atoms with Crippen molar-refractivity contribution in [2.75, 3.05) is 44.0 Å². The van der Waals surface area contributed by atoms with Gasteiger partial charge in [0.1, 0.15) is 12.3 Å². The Bertz CT molecular complexity index is 1640. The summed E-state index contributed by atoms with van der Waals surface area (Å²) in [6.45, 7) is 4.75. The SMILES string of the molecule is C=CO.CN1C(=O)CN(CCCOc2ccc(C3c4c(c5cc(Cl)ccc5n4N)CCN3c3ccc(Cl)cc3)cc2)C1=O. The van der Waals surface area contributed by atoms with Crippen molar-refractivity contribution in [3.05, 3.63) is 106 Å². The van der Waals surface area contributed by atoms with Gasteiger partial charge in [0, 0.05) is 41.3 Å². The summed E-state index contributed by atoms with van der Waals surface area (Å²) >= 11 is 12.6. The number of rotatable bonds is 7. The molecule has 1 unspecified atom stereocenters. The Hall–Kier alpha value is -4.34. The third-order valence-corrected chi connectivity index (χ3v) is 8.23. The number of amides is 3. The van der Waals surface area contributed by atoms with Gasteiger partial charge in [-0.25, -0.2) is 4.79 Å². The Morgan fingerprint density at radius 3 is 2.37 bits per heavy atom. The van der Waals surface area contributed by atoms with Crippen LogP contribution >= 0.6 is 23.2 Å². The van der Waals surface area contributed by atoms with E-state index in [4.69, 9.17) is 38.9 Å². The molecule has 9 nitrogen and oxygen atoms in total. The molecule has 0 radical (unpaired) electrons.